The minimum absolute atomic E-state index is 0.0491. The van der Waals surface area contributed by atoms with E-state index in [1.807, 2.05) is 35.2 Å². The molecule has 1 aromatic rings. The Morgan fingerprint density at radius 1 is 1.40 bits per heavy atom. The van der Waals surface area contributed by atoms with E-state index in [9.17, 15) is 9.50 Å². The SMILES string of the molecule is OCC(c1ccccc1)N1CC[C@@H](F)C1. The number of likely N-dealkylation sites (tertiary alicyclic amines) is 1. The van der Waals surface area contributed by atoms with Gasteiger partial charge < -0.3 is 5.11 Å². The van der Waals surface area contributed by atoms with E-state index >= 15 is 0 Å². The molecule has 0 aromatic heterocycles. The zero-order chi connectivity index (χ0) is 10.7. The fourth-order valence-electron chi connectivity index (χ4n) is 2.13. The lowest BCUT2D eigenvalue weighted by Gasteiger charge is -2.25. The Hall–Kier alpha value is -0.930. The Balaban J connectivity index is 2.11. The lowest BCUT2D eigenvalue weighted by atomic mass is 10.1. The Bertz CT molecular complexity index is 304. The quantitative estimate of drug-likeness (QED) is 0.820. The molecule has 1 aliphatic heterocycles. The van der Waals surface area contributed by atoms with Crippen molar-refractivity contribution in [2.45, 2.75) is 18.6 Å². The van der Waals surface area contributed by atoms with Crippen LogP contribution in [0.3, 0.4) is 0 Å². The number of rotatable bonds is 3. The predicted octanol–water partition coefficient (Wildman–Crippen LogP) is 1.76. The third-order valence-corrected chi connectivity index (χ3v) is 2.96. The molecule has 15 heavy (non-hydrogen) atoms. The van der Waals surface area contributed by atoms with Crippen molar-refractivity contribution in [3.8, 4) is 0 Å². The highest BCUT2D eigenvalue weighted by Gasteiger charge is 2.28. The number of hydrogen-bond donors (Lipinski definition) is 1. The molecule has 1 aromatic carbocycles. The van der Waals surface area contributed by atoms with Gasteiger partial charge in [-0.15, -0.1) is 0 Å². The molecule has 2 rings (SSSR count). The van der Waals surface area contributed by atoms with Gasteiger partial charge in [0, 0.05) is 13.1 Å². The van der Waals surface area contributed by atoms with Crippen molar-refractivity contribution in [3.63, 3.8) is 0 Å². The molecule has 0 spiro atoms. The Morgan fingerprint density at radius 3 is 2.67 bits per heavy atom. The summed E-state index contributed by atoms with van der Waals surface area (Å²) in [7, 11) is 0. The van der Waals surface area contributed by atoms with Gasteiger partial charge in [0.15, 0.2) is 0 Å². The van der Waals surface area contributed by atoms with E-state index in [-0.39, 0.29) is 12.6 Å². The maximum absolute atomic E-state index is 13.1. The molecule has 1 N–H and O–H groups in total. The lowest BCUT2D eigenvalue weighted by Crippen LogP contribution is -2.29. The first kappa shape index (κ1) is 10.6. The molecule has 2 atom stereocenters. The summed E-state index contributed by atoms with van der Waals surface area (Å²) in [6.45, 7) is 1.23. The second-order valence-electron chi connectivity index (χ2n) is 3.99. The molecule has 0 bridgehead atoms. The first-order chi connectivity index (χ1) is 7.31. The van der Waals surface area contributed by atoms with Gasteiger partial charge in [0.1, 0.15) is 6.17 Å². The summed E-state index contributed by atoms with van der Waals surface area (Å²) in [5.74, 6) is 0. The monoisotopic (exact) mass is 209 g/mol. The number of halogens is 1. The van der Waals surface area contributed by atoms with E-state index in [4.69, 9.17) is 0 Å². The number of hydrogen-bond acceptors (Lipinski definition) is 2. The number of alkyl halides is 1. The van der Waals surface area contributed by atoms with Crippen LogP contribution < -0.4 is 0 Å². The first-order valence-electron chi connectivity index (χ1n) is 5.35. The van der Waals surface area contributed by atoms with E-state index in [0.29, 0.717) is 13.0 Å². The van der Waals surface area contributed by atoms with E-state index in [0.717, 1.165) is 12.1 Å². The van der Waals surface area contributed by atoms with Gasteiger partial charge >= 0.3 is 0 Å². The molecule has 1 unspecified atom stereocenters. The molecule has 0 amide bonds. The van der Waals surface area contributed by atoms with Crippen molar-refractivity contribution in [2.24, 2.45) is 0 Å². The van der Waals surface area contributed by atoms with E-state index < -0.39 is 6.17 Å². The summed E-state index contributed by atoms with van der Waals surface area (Å²) in [6, 6.07) is 9.74. The molecule has 1 fully saturated rings. The maximum Gasteiger partial charge on any atom is 0.114 e. The number of aliphatic hydroxyl groups excluding tert-OH is 1. The van der Waals surface area contributed by atoms with Crippen LogP contribution in [0.15, 0.2) is 30.3 Å². The second-order valence-corrected chi connectivity index (χ2v) is 3.99. The Labute approximate surface area is 89.3 Å². The first-order valence-corrected chi connectivity index (χ1v) is 5.35. The van der Waals surface area contributed by atoms with Crippen molar-refractivity contribution < 1.29 is 9.50 Å². The van der Waals surface area contributed by atoms with Crippen LogP contribution in [-0.2, 0) is 0 Å². The molecule has 2 nitrogen and oxygen atoms in total. The Morgan fingerprint density at radius 2 is 2.13 bits per heavy atom. The van der Waals surface area contributed by atoms with Crippen LogP contribution in [0.1, 0.15) is 18.0 Å². The third-order valence-electron chi connectivity index (χ3n) is 2.96. The zero-order valence-electron chi connectivity index (χ0n) is 8.64. The van der Waals surface area contributed by atoms with Gasteiger partial charge in [-0.3, -0.25) is 4.90 Å². The maximum atomic E-state index is 13.1. The third kappa shape index (κ3) is 2.36. The summed E-state index contributed by atoms with van der Waals surface area (Å²) < 4.78 is 13.1. The molecule has 3 heteroatoms. The molecular formula is C12H16FNO. The highest BCUT2D eigenvalue weighted by molar-refractivity contribution is 5.19. The highest BCUT2D eigenvalue weighted by atomic mass is 19.1. The van der Waals surface area contributed by atoms with Crippen LogP contribution in [0.4, 0.5) is 4.39 Å². The van der Waals surface area contributed by atoms with Crippen LogP contribution in [0, 0.1) is 0 Å². The number of aliphatic hydroxyl groups is 1. The van der Waals surface area contributed by atoms with Gasteiger partial charge in [-0.2, -0.15) is 0 Å². The van der Waals surface area contributed by atoms with Gasteiger partial charge in [-0.1, -0.05) is 30.3 Å². The normalized spacial score (nSPS) is 24.3. The minimum atomic E-state index is -0.734. The Kier molecular flexibility index (Phi) is 3.34. The fraction of sp³-hybridized carbons (Fsp3) is 0.500. The predicted molar refractivity (Wildman–Crippen MR) is 57.4 cm³/mol. The van der Waals surface area contributed by atoms with E-state index in [2.05, 4.69) is 0 Å². The molecule has 0 aliphatic carbocycles. The average molecular weight is 209 g/mol. The van der Waals surface area contributed by atoms with Crippen LogP contribution in [-0.4, -0.2) is 35.9 Å². The minimum Gasteiger partial charge on any atom is -0.394 e. The van der Waals surface area contributed by atoms with Gasteiger partial charge in [0.25, 0.3) is 0 Å². The number of nitrogens with zero attached hydrogens (tertiary/aromatic N) is 1. The molecule has 0 saturated carbocycles. The number of benzene rings is 1. The summed E-state index contributed by atoms with van der Waals surface area (Å²) >= 11 is 0. The summed E-state index contributed by atoms with van der Waals surface area (Å²) in [5.41, 5.74) is 1.06. The van der Waals surface area contributed by atoms with Gasteiger partial charge in [0.2, 0.25) is 0 Å². The van der Waals surface area contributed by atoms with Gasteiger partial charge in [-0.25, -0.2) is 4.39 Å². The summed E-state index contributed by atoms with van der Waals surface area (Å²) in [5, 5.41) is 9.36. The van der Waals surface area contributed by atoms with Gasteiger partial charge in [0.05, 0.1) is 12.6 Å². The van der Waals surface area contributed by atoms with Crippen molar-refractivity contribution in [3.05, 3.63) is 35.9 Å². The smallest absolute Gasteiger partial charge is 0.114 e. The van der Waals surface area contributed by atoms with Crippen LogP contribution >= 0.6 is 0 Å². The van der Waals surface area contributed by atoms with Crippen molar-refractivity contribution >= 4 is 0 Å². The standard InChI is InChI=1S/C12H16FNO/c13-11-6-7-14(8-11)12(9-15)10-4-2-1-3-5-10/h1-5,11-12,15H,6-9H2/t11-,12?/m1/s1. The van der Waals surface area contributed by atoms with Crippen molar-refractivity contribution in [1.29, 1.82) is 0 Å². The summed E-state index contributed by atoms with van der Waals surface area (Å²) in [4.78, 5) is 2.01. The highest BCUT2D eigenvalue weighted by Crippen LogP contribution is 2.25. The molecular weight excluding hydrogens is 193 g/mol. The largest absolute Gasteiger partial charge is 0.394 e. The van der Waals surface area contributed by atoms with Crippen LogP contribution in [0.25, 0.3) is 0 Å². The zero-order valence-corrected chi connectivity index (χ0v) is 8.64. The van der Waals surface area contributed by atoms with E-state index in [1.54, 1.807) is 0 Å². The van der Waals surface area contributed by atoms with Gasteiger partial charge in [-0.05, 0) is 12.0 Å². The second kappa shape index (κ2) is 4.73. The molecule has 1 aliphatic rings. The van der Waals surface area contributed by atoms with Crippen LogP contribution in [0.2, 0.25) is 0 Å². The van der Waals surface area contributed by atoms with Crippen molar-refractivity contribution in [1.82, 2.24) is 4.90 Å². The lowest BCUT2D eigenvalue weighted by molar-refractivity contribution is 0.139. The summed E-state index contributed by atoms with van der Waals surface area (Å²) in [6.07, 6.45) is -0.147. The molecule has 1 saturated heterocycles. The molecule has 0 radical (unpaired) electrons. The van der Waals surface area contributed by atoms with Crippen molar-refractivity contribution in [2.75, 3.05) is 19.7 Å². The fourth-order valence-corrected chi connectivity index (χ4v) is 2.13. The molecule has 1 heterocycles. The van der Waals surface area contributed by atoms with Crippen LogP contribution in [0.5, 0.6) is 0 Å². The topological polar surface area (TPSA) is 23.5 Å². The average Bonchev–Trinajstić information content (AvgIpc) is 2.68. The molecule has 82 valence electrons. The van der Waals surface area contributed by atoms with E-state index in [1.165, 1.54) is 0 Å².